The molecule has 10 heteroatoms. The Bertz CT molecular complexity index is 1640. The fourth-order valence-corrected chi connectivity index (χ4v) is 5.36. The standard InChI is InChI=1S/C31H26ClF3N2O4/c32-22-3-1-18(2-4-22)12-25-14-24(7-8-37(25)31(40)21-10-19(16-33)9-20(11-21)17-34)36-30(39)29-15-27(38)26-13-23(35)5-6-28(26)41-29/h1-6,9-11,13,15,24-25H,7-8,12,14,16-17H2,(H,36,39). The Balaban J connectivity index is 1.38. The number of hydrogen-bond donors (Lipinski definition) is 1. The van der Waals surface area contributed by atoms with Gasteiger partial charge in [0.05, 0.1) is 5.39 Å². The lowest BCUT2D eigenvalue weighted by Gasteiger charge is -2.40. The van der Waals surface area contributed by atoms with Gasteiger partial charge in [0.25, 0.3) is 11.8 Å². The monoisotopic (exact) mass is 582 g/mol. The minimum Gasteiger partial charge on any atom is -0.451 e. The fourth-order valence-electron chi connectivity index (χ4n) is 5.24. The molecule has 0 saturated carbocycles. The van der Waals surface area contributed by atoms with Gasteiger partial charge in [-0.2, -0.15) is 0 Å². The topological polar surface area (TPSA) is 79.6 Å². The molecule has 2 amide bonds. The average Bonchev–Trinajstić information content (AvgIpc) is 2.98. The van der Waals surface area contributed by atoms with E-state index >= 15 is 0 Å². The van der Waals surface area contributed by atoms with Crippen molar-refractivity contribution >= 4 is 34.4 Å². The number of carbonyl (C=O) groups excluding carboxylic acids is 2. The van der Waals surface area contributed by atoms with Gasteiger partial charge in [-0.25, -0.2) is 13.2 Å². The molecule has 2 heterocycles. The molecule has 0 radical (unpaired) electrons. The second kappa shape index (κ2) is 12.2. The van der Waals surface area contributed by atoms with E-state index in [1.165, 1.54) is 24.3 Å². The maximum atomic E-state index is 13.6. The molecule has 212 valence electrons. The molecule has 1 aromatic heterocycles. The number of nitrogens with one attached hydrogen (secondary N) is 1. The third-order valence-electron chi connectivity index (χ3n) is 7.22. The zero-order valence-corrected chi connectivity index (χ0v) is 22.6. The Kier molecular flexibility index (Phi) is 8.44. The Labute approximate surface area is 238 Å². The van der Waals surface area contributed by atoms with Crippen LogP contribution in [0.4, 0.5) is 13.2 Å². The number of alkyl halides is 2. The van der Waals surface area contributed by atoms with Crippen molar-refractivity contribution in [3.63, 3.8) is 0 Å². The van der Waals surface area contributed by atoms with Gasteiger partial charge >= 0.3 is 0 Å². The van der Waals surface area contributed by atoms with E-state index in [0.717, 1.165) is 23.8 Å². The lowest BCUT2D eigenvalue weighted by atomic mass is 9.91. The highest BCUT2D eigenvalue weighted by atomic mass is 35.5. The second-order valence-corrected chi connectivity index (χ2v) is 10.5. The minimum atomic E-state index is -0.823. The number of likely N-dealkylation sites (tertiary alicyclic amines) is 1. The van der Waals surface area contributed by atoms with E-state index < -0.39 is 30.5 Å². The van der Waals surface area contributed by atoms with Crippen LogP contribution in [0.3, 0.4) is 0 Å². The van der Waals surface area contributed by atoms with E-state index in [1.54, 1.807) is 17.0 Å². The van der Waals surface area contributed by atoms with Gasteiger partial charge in [0.2, 0.25) is 0 Å². The van der Waals surface area contributed by atoms with E-state index in [4.69, 9.17) is 16.0 Å². The van der Waals surface area contributed by atoms with Gasteiger partial charge in [0.1, 0.15) is 24.7 Å². The Morgan fingerprint density at radius 2 is 1.66 bits per heavy atom. The van der Waals surface area contributed by atoms with E-state index in [1.807, 2.05) is 12.1 Å². The number of carbonyl (C=O) groups is 2. The van der Waals surface area contributed by atoms with Gasteiger partial charge < -0.3 is 14.6 Å². The number of piperidine rings is 1. The van der Waals surface area contributed by atoms with Gasteiger partial charge in [-0.3, -0.25) is 14.4 Å². The second-order valence-electron chi connectivity index (χ2n) is 10.1. The van der Waals surface area contributed by atoms with Crippen LogP contribution in [-0.2, 0) is 19.8 Å². The molecule has 0 spiro atoms. The number of halogens is 4. The van der Waals surface area contributed by atoms with Gasteiger partial charge in [-0.1, -0.05) is 29.8 Å². The first kappa shape index (κ1) is 28.4. The molecule has 6 nitrogen and oxygen atoms in total. The molecule has 2 unspecified atom stereocenters. The number of nitrogens with zero attached hydrogens (tertiary/aromatic N) is 1. The van der Waals surface area contributed by atoms with E-state index in [9.17, 15) is 27.6 Å². The summed E-state index contributed by atoms with van der Waals surface area (Å²) in [5, 5.41) is 3.49. The largest absolute Gasteiger partial charge is 0.451 e. The maximum absolute atomic E-state index is 13.6. The molecular formula is C31H26ClF3N2O4. The van der Waals surface area contributed by atoms with E-state index in [0.29, 0.717) is 24.3 Å². The van der Waals surface area contributed by atoms with Gasteiger partial charge in [-0.05, 0) is 78.4 Å². The Morgan fingerprint density at radius 1 is 0.951 bits per heavy atom. The quantitative estimate of drug-likeness (QED) is 0.283. The van der Waals surface area contributed by atoms with Crippen LogP contribution in [0.15, 0.2) is 75.9 Å². The molecule has 5 rings (SSSR count). The summed E-state index contributed by atoms with van der Waals surface area (Å²) >= 11 is 6.04. The Hall–Kier alpha value is -4.11. The van der Waals surface area contributed by atoms with Crippen molar-refractivity contribution in [3.8, 4) is 0 Å². The first-order valence-electron chi connectivity index (χ1n) is 13.1. The molecule has 1 N–H and O–H groups in total. The zero-order valence-electron chi connectivity index (χ0n) is 21.8. The van der Waals surface area contributed by atoms with Crippen molar-refractivity contribution in [3.05, 3.63) is 116 Å². The summed E-state index contributed by atoms with van der Waals surface area (Å²) in [6, 6.07) is 15.2. The van der Waals surface area contributed by atoms with Crippen LogP contribution in [-0.4, -0.2) is 35.3 Å². The molecule has 3 aromatic carbocycles. The van der Waals surface area contributed by atoms with Crippen LogP contribution in [0.1, 0.15) is 50.4 Å². The Morgan fingerprint density at radius 3 is 2.34 bits per heavy atom. The predicted molar refractivity (Wildman–Crippen MR) is 149 cm³/mol. The van der Waals surface area contributed by atoms with Crippen molar-refractivity contribution in [1.82, 2.24) is 10.2 Å². The van der Waals surface area contributed by atoms with Gasteiger partial charge in [0, 0.05) is 35.3 Å². The highest BCUT2D eigenvalue weighted by Gasteiger charge is 2.33. The van der Waals surface area contributed by atoms with Crippen molar-refractivity contribution in [2.45, 2.75) is 44.7 Å². The highest BCUT2D eigenvalue weighted by molar-refractivity contribution is 6.30. The summed E-state index contributed by atoms with van der Waals surface area (Å²) in [4.78, 5) is 40.8. The molecule has 1 aliphatic rings. The van der Waals surface area contributed by atoms with Gasteiger partial charge in [-0.15, -0.1) is 0 Å². The van der Waals surface area contributed by atoms with Crippen LogP contribution in [0.5, 0.6) is 0 Å². The number of hydrogen-bond acceptors (Lipinski definition) is 4. The third-order valence-corrected chi connectivity index (χ3v) is 7.47. The van der Waals surface area contributed by atoms with Crippen molar-refractivity contribution in [2.75, 3.05) is 6.54 Å². The van der Waals surface area contributed by atoms with Crippen LogP contribution in [0.25, 0.3) is 11.0 Å². The summed E-state index contributed by atoms with van der Waals surface area (Å²) in [6.45, 7) is -1.37. The summed E-state index contributed by atoms with van der Waals surface area (Å²) in [6.07, 6.45) is 1.23. The molecular weight excluding hydrogens is 557 g/mol. The van der Waals surface area contributed by atoms with E-state index in [2.05, 4.69) is 5.32 Å². The predicted octanol–water partition coefficient (Wildman–Crippen LogP) is 6.17. The molecule has 1 fully saturated rings. The maximum Gasteiger partial charge on any atom is 0.287 e. The average molecular weight is 583 g/mol. The van der Waals surface area contributed by atoms with Crippen molar-refractivity contribution in [1.29, 1.82) is 0 Å². The first-order valence-corrected chi connectivity index (χ1v) is 13.5. The van der Waals surface area contributed by atoms with E-state index in [-0.39, 0.29) is 58.0 Å². The minimum absolute atomic E-state index is 0.0316. The van der Waals surface area contributed by atoms with Crippen LogP contribution >= 0.6 is 11.6 Å². The molecule has 0 bridgehead atoms. The zero-order chi connectivity index (χ0) is 29.1. The smallest absolute Gasteiger partial charge is 0.287 e. The summed E-state index contributed by atoms with van der Waals surface area (Å²) in [7, 11) is 0. The van der Waals surface area contributed by atoms with Crippen LogP contribution in [0, 0.1) is 5.82 Å². The SMILES string of the molecule is O=C(NC1CCN(C(=O)c2cc(CF)cc(CF)c2)C(Cc2ccc(Cl)cc2)C1)c1cc(=O)c2cc(F)ccc2o1. The van der Waals surface area contributed by atoms with Gasteiger partial charge in [0.15, 0.2) is 11.2 Å². The molecule has 1 saturated heterocycles. The molecule has 4 aromatic rings. The summed E-state index contributed by atoms with van der Waals surface area (Å²) < 4.78 is 46.0. The molecule has 1 aliphatic heterocycles. The van der Waals surface area contributed by atoms with Crippen molar-refractivity contribution in [2.24, 2.45) is 0 Å². The lowest BCUT2D eigenvalue weighted by molar-refractivity contribution is 0.0568. The van der Waals surface area contributed by atoms with Crippen LogP contribution in [0.2, 0.25) is 5.02 Å². The lowest BCUT2D eigenvalue weighted by Crippen LogP contribution is -2.52. The molecule has 41 heavy (non-hydrogen) atoms. The first-order chi connectivity index (χ1) is 19.7. The number of benzene rings is 3. The highest BCUT2D eigenvalue weighted by Crippen LogP contribution is 2.26. The molecule has 2 atom stereocenters. The number of rotatable bonds is 7. The van der Waals surface area contributed by atoms with Crippen molar-refractivity contribution < 1.29 is 27.2 Å². The summed E-state index contributed by atoms with van der Waals surface area (Å²) in [5.41, 5.74) is 1.11. The number of amides is 2. The van der Waals surface area contributed by atoms with Crippen LogP contribution < -0.4 is 10.7 Å². The normalized spacial score (nSPS) is 17.0. The fraction of sp³-hybridized carbons (Fsp3) is 0.258. The molecule has 0 aliphatic carbocycles. The summed E-state index contributed by atoms with van der Waals surface area (Å²) in [5.74, 6) is -1.76. The number of fused-ring (bicyclic) bond motifs is 1. The third kappa shape index (κ3) is 6.46.